The second-order valence-electron chi connectivity index (χ2n) is 7.26. The van der Waals surface area contributed by atoms with Gasteiger partial charge in [-0.15, -0.1) is 0 Å². The number of halogens is 2. The van der Waals surface area contributed by atoms with Gasteiger partial charge in [-0.2, -0.15) is 15.2 Å². The van der Waals surface area contributed by atoms with Crippen LogP contribution in [0.25, 0.3) is 11.0 Å². The molecule has 3 aromatic heterocycles. The van der Waals surface area contributed by atoms with Crippen molar-refractivity contribution >= 4 is 38.6 Å². The summed E-state index contributed by atoms with van der Waals surface area (Å²) >= 11 is 3.22. The lowest BCUT2D eigenvalue weighted by molar-refractivity contribution is 0.380. The molecule has 4 rings (SSSR count). The molecule has 0 amide bonds. The van der Waals surface area contributed by atoms with Crippen molar-refractivity contribution in [1.82, 2.24) is 34.4 Å². The first-order valence-corrected chi connectivity index (χ1v) is 10.3. The van der Waals surface area contributed by atoms with Crippen molar-refractivity contribution in [1.29, 1.82) is 0 Å². The van der Waals surface area contributed by atoms with Gasteiger partial charge in [0.15, 0.2) is 5.65 Å². The van der Waals surface area contributed by atoms with Crippen molar-refractivity contribution in [2.24, 2.45) is 0 Å². The van der Waals surface area contributed by atoms with E-state index in [9.17, 15) is 4.39 Å². The minimum absolute atomic E-state index is 0.273. The molecule has 0 radical (unpaired) electrons. The van der Waals surface area contributed by atoms with E-state index < -0.39 is 0 Å². The summed E-state index contributed by atoms with van der Waals surface area (Å²) in [6.45, 7) is 2.12. The molecular weight excluding hydrogens is 451 g/mol. The third-order valence-electron chi connectivity index (χ3n) is 4.61. The number of rotatable bonds is 8. The van der Waals surface area contributed by atoms with Crippen LogP contribution in [-0.4, -0.2) is 55.1 Å². The molecule has 0 saturated heterocycles. The lowest BCUT2D eigenvalue weighted by atomic mass is 10.2. The Morgan fingerprint density at radius 2 is 2.03 bits per heavy atom. The van der Waals surface area contributed by atoms with Crippen molar-refractivity contribution in [3.8, 4) is 0 Å². The normalized spacial score (nSPS) is 11.5. The number of nitrogens with one attached hydrogen (secondary N) is 1. The van der Waals surface area contributed by atoms with Gasteiger partial charge in [-0.1, -0.05) is 12.1 Å². The second kappa shape index (κ2) is 8.88. The Balaban J connectivity index is 1.50. The van der Waals surface area contributed by atoms with E-state index in [0.717, 1.165) is 30.6 Å². The third-order valence-corrected chi connectivity index (χ3v) is 5.22. The predicted molar refractivity (Wildman–Crippen MR) is 117 cm³/mol. The summed E-state index contributed by atoms with van der Waals surface area (Å²) in [4.78, 5) is 11.1. The van der Waals surface area contributed by atoms with Crippen LogP contribution in [0.3, 0.4) is 0 Å². The summed E-state index contributed by atoms with van der Waals surface area (Å²) in [6, 6.07) is 5.20. The van der Waals surface area contributed by atoms with Crippen LogP contribution in [0.2, 0.25) is 0 Å². The largest absolute Gasteiger partial charge is 0.321 e. The molecule has 0 fully saturated rings. The fraction of sp³-hybridized carbons (Fsp3) is 0.300. The van der Waals surface area contributed by atoms with Gasteiger partial charge in [-0.3, -0.25) is 4.68 Å². The van der Waals surface area contributed by atoms with Gasteiger partial charge >= 0.3 is 0 Å². The smallest absolute Gasteiger partial charge is 0.229 e. The zero-order valence-electron chi connectivity index (χ0n) is 16.8. The Morgan fingerprint density at radius 3 is 2.87 bits per heavy atom. The van der Waals surface area contributed by atoms with Crippen molar-refractivity contribution in [2.75, 3.05) is 26.0 Å². The number of aromatic nitrogens is 6. The summed E-state index contributed by atoms with van der Waals surface area (Å²) in [6.07, 6.45) is 8.07. The topological polar surface area (TPSA) is 76.7 Å². The molecular formula is C20H22BrFN8. The Labute approximate surface area is 181 Å². The zero-order chi connectivity index (χ0) is 21.1. The second-order valence-corrected chi connectivity index (χ2v) is 8.12. The number of hydrogen-bond acceptors (Lipinski definition) is 6. The van der Waals surface area contributed by atoms with E-state index in [4.69, 9.17) is 0 Å². The number of anilines is 2. The van der Waals surface area contributed by atoms with Crippen molar-refractivity contribution in [3.63, 3.8) is 0 Å². The molecule has 0 saturated carbocycles. The molecule has 4 aromatic rings. The fourth-order valence-corrected chi connectivity index (χ4v) is 3.51. The molecule has 0 aliphatic rings. The summed E-state index contributed by atoms with van der Waals surface area (Å²) in [5, 5.41) is 12.7. The monoisotopic (exact) mass is 472 g/mol. The molecule has 1 aromatic carbocycles. The number of benzene rings is 1. The highest BCUT2D eigenvalue weighted by Gasteiger charge is 2.12. The maximum atomic E-state index is 14.4. The van der Waals surface area contributed by atoms with Gasteiger partial charge in [0.05, 0.1) is 34.5 Å². The molecule has 1 N–H and O–H groups in total. The number of aryl methyl sites for hydroxylation is 1. The minimum Gasteiger partial charge on any atom is -0.321 e. The van der Waals surface area contributed by atoms with Crippen molar-refractivity contribution < 1.29 is 4.39 Å². The van der Waals surface area contributed by atoms with E-state index in [1.165, 1.54) is 0 Å². The molecule has 30 heavy (non-hydrogen) atoms. The van der Waals surface area contributed by atoms with Crippen molar-refractivity contribution in [2.45, 2.75) is 19.5 Å². The van der Waals surface area contributed by atoms with Gasteiger partial charge < -0.3 is 10.2 Å². The predicted octanol–water partition coefficient (Wildman–Crippen LogP) is 3.67. The van der Waals surface area contributed by atoms with E-state index in [2.05, 4.69) is 60.4 Å². The fourth-order valence-electron chi connectivity index (χ4n) is 3.10. The minimum atomic E-state index is -0.296. The molecule has 0 spiro atoms. The molecule has 0 unspecified atom stereocenters. The van der Waals surface area contributed by atoms with Gasteiger partial charge in [-0.25, -0.2) is 14.1 Å². The number of hydrogen-bond donors (Lipinski definition) is 1. The first-order chi connectivity index (χ1) is 14.5. The molecule has 0 aliphatic heterocycles. The molecule has 0 aliphatic carbocycles. The van der Waals surface area contributed by atoms with Crippen LogP contribution in [0.15, 0.2) is 47.5 Å². The Morgan fingerprint density at radius 1 is 1.17 bits per heavy atom. The van der Waals surface area contributed by atoms with Crippen LogP contribution in [0, 0.1) is 5.82 Å². The average Bonchev–Trinajstić information content (AvgIpc) is 3.32. The Kier molecular flexibility index (Phi) is 6.05. The highest BCUT2D eigenvalue weighted by Crippen LogP contribution is 2.21. The van der Waals surface area contributed by atoms with Gasteiger partial charge in [0.25, 0.3) is 0 Å². The van der Waals surface area contributed by atoms with Crippen LogP contribution in [-0.2, 0) is 13.1 Å². The Bertz CT molecular complexity index is 1150. The van der Waals surface area contributed by atoms with Crippen LogP contribution >= 0.6 is 15.9 Å². The lowest BCUT2D eigenvalue weighted by Gasteiger charge is -2.08. The maximum absolute atomic E-state index is 14.4. The van der Waals surface area contributed by atoms with Crippen LogP contribution < -0.4 is 5.32 Å². The number of fused-ring (bicyclic) bond motifs is 1. The first-order valence-electron chi connectivity index (χ1n) is 9.55. The van der Waals surface area contributed by atoms with Crippen LogP contribution in [0.1, 0.15) is 12.0 Å². The highest BCUT2D eigenvalue weighted by molar-refractivity contribution is 9.10. The summed E-state index contributed by atoms with van der Waals surface area (Å²) in [5.74, 6) is 0.141. The van der Waals surface area contributed by atoms with E-state index in [0.29, 0.717) is 21.6 Å². The summed E-state index contributed by atoms with van der Waals surface area (Å²) in [7, 11) is 4.11. The lowest BCUT2D eigenvalue weighted by Crippen LogP contribution is -2.15. The third kappa shape index (κ3) is 4.65. The number of nitrogens with zero attached hydrogens (tertiary/aromatic N) is 7. The van der Waals surface area contributed by atoms with Gasteiger partial charge in [0, 0.05) is 24.5 Å². The maximum Gasteiger partial charge on any atom is 0.229 e. The highest BCUT2D eigenvalue weighted by atomic mass is 79.9. The standard InChI is InChI=1S/C20H22BrFN8/c1-28(2)7-4-8-29-13-16(11-24-29)26-20-23-9-15-10-25-30(19(15)27-20)12-14-5-3-6-17(21)18(14)22/h3,5-6,9-11,13H,4,7-8,12H2,1-2H3,(H,23,26,27). The van der Waals surface area contributed by atoms with Gasteiger partial charge in [0.1, 0.15) is 5.82 Å². The van der Waals surface area contributed by atoms with E-state index in [1.807, 2.05) is 10.9 Å². The summed E-state index contributed by atoms with van der Waals surface area (Å²) in [5.41, 5.74) is 1.97. The molecule has 3 heterocycles. The molecule has 156 valence electrons. The Hall–Kier alpha value is -2.85. The van der Waals surface area contributed by atoms with Gasteiger partial charge in [-0.05, 0) is 49.1 Å². The van der Waals surface area contributed by atoms with Crippen LogP contribution in [0.5, 0.6) is 0 Å². The average molecular weight is 473 g/mol. The van der Waals surface area contributed by atoms with Crippen molar-refractivity contribution in [3.05, 3.63) is 58.8 Å². The van der Waals surface area contributed by atoms with E-state index >= 15 is 0 Å². The van der Waals surface area contributed by atoms with Crippen LogP contribution in [0.4, 0.5) is 16.0 Å². The quantitative estimate of drug-likeness (QED) is 0.421. The molecule has 0 atom stereocenters. The van der Waals surface area contributed by atoms with E-state index in [-0.39, 0.29) is 12.4 Å². The summed E-state index contributed by atoms with van der Waals surface area (Å²) < 4.78 is 18.3. The molecule has 10 heteroatoms. The first kappa shape index (κ1) is 20.4. The van der Waals surface area contributed by atoms with Gasteiger partial charge in [0.2, 0.25) is 5.95 Å². The zero-order valence-corrected chi connectivity index (χ0v) is 18.3. The molecule has 8 nitrogen and oxygen atoms in total. The van der Waals surface area contributed by atoms with E-state index in [1.54, 1.807) is 41.5 Å². The SMILES string of the molecule is CN(C)CCCn1cc(Nc2ncc3cnn(Cc4cccc(Br)c4F)c3n2)cn1. The molecule has 0 bridgehead atoms.